The maximum atomic E-state index is 13.0. The fourth-order valence-electron chi connectivity index (χ4n) is 2.36. The zero-order valence-corrected chi connectivity index (χ0v) is 14.9. The Bertz CT molecular complexity index is 1020. The summed E-state index contributed by atoms with van der Waals surface area (Å²) >= 11 is 0. The molecule has 0 saturated heterocycles. The van der Waals surface area contributed by atoms with Gasteiger partial charge in [-0.2, -0.15) is 13.2 Å². The van der Waals surface area contributed by atoms with Crippen LogP contribution < -0.4 is 4.31 Å². The van der Waals surface area contributed by atoms with Crippen molar-refractivity contribution in [3.63, 3.8) is 0 Å². The van der Waals surface area contributed by atoms with Crippen molar-refractivity contribution in [2.24, 2.45) is 0 Å². The van der Waals surface area contributed by atoms with Crippen LogP contribution in [0.15, 0.2) is 53.4 Å². The highest BCUT2D eigenvalue weighted by atomic mass is 32.2. The zero-order chi connectivity index (χ0) is 21.3. The van der Waals surface area contributed by atoms with Crippen molar-refractivity contribution in [3.8, 4) is 0 Å². The number of non-ortho nitro benzene ring substituents is 1. The maximum absolute atomic E-state index is 13.0. The number of carboxylic acid groups (broad SMARTS) is 1. The van der Waals surface area contributed by atoms with Gasteiger partial charge in [0.25, 0.3) is 15.7 Å². The predicted molar refractivity (Wildman–Crippen MR) is 91.3 cm³/mol. The number of benzene rings is 2. The zero-order valence-electron chi connectivity index (χ0n) is 14.1. The fraction of sp³-hybridized carbons (Fsp3) is 0.188. The third kappa shape index (κ3) is 4.22. The third-order valence-corrected chi connectivity index (χ3v) is 5.62. The summed E-state index contributed by atoms with van der Waals surface area (Å²) in [7, 11) is -4.74. The van der Waals surface area contributed by atoms with Gasteiger partial charge in [0.05, 0.1) is 21.1 Å². The van der Waals surface area contributed by atoms with Crippen LogP contribution in [0.1, 0.15) is 12.5 Å². The second-order valence-electron chi connectivity index (χ2n) is 5.62. The van der Waals surface area contributed by atoms with E-state index < -0.39 is 55.0 Å². The van der Waals surface area contributed by atoms with Gasteiger partial charge in [0.1, 0.15) is 6.04 Å². The van der Waals surface area contributed by atoms with Crippen molar-refractivity contribution in [2.45, 2.75) is 24.0 Å². The van der Waals surface area contributed by atoms with Gasteiger partial charge in [-0.05, 0) is 31.2 Å². The maximum Gasteiger partial charge on any atom is 0.416 e. The summed E-state index contributed by atoms with van der Waals surface area (Å²) in [5, 5.41) is 20.2. The van der Waals surface area contributed by atoms with E-state index >= 15 is 0 Å². The van der Waals surface area contributed by atoms with Crippen molar-refractivity contribution in [2.75, 3.05) is 4.31 Å². The molecule has 0 saturated carbocycles. The van der Waals surface area contributed by atoms with Gasteiger partial charge in [0, 0.05) is 12.1 Å². The summed E-state index contributed by atoms with van der Waals surface area (Å²) in [6.45, 7) is 0.970. The monoisotopic (exact) mass is 418 g/mol. The number of anilines is 1. The molecule has 1 unspecified atom stereocenters. The lowest BCUT2D eigenvalue weighted by Crippen LogP contribution is -2.43. The lowest BCUT2D eigenvalue weighted by molar-refractivity contribution is -0.385. The first-order chi connectivity index (χ1) is 12.9. The van der Waals surface area contributed by atoms with Crippen LogP contribution in [-0.2, 0) is 21.0 Å². The van der Waals surface area contributed by atoms with Gasteiger partial charge < -0.3 is 5.11 Å². The molecule has 2 rings (SSSR count). The highest BCUT2D eigenvalue weighted by Gasteiger charge is 2.36. The van der Waals surface area contributed by atoms with Crippen molar-refractivity contribution in [1.82, 2.24) is 0 Å². The summed E-state index contributed by atoms with van der Waals surface area (Å²) in [6.07, 6.45) is -4.79. The number of nitrogens with zero attached hydrogens (tertiary/aromatic N) is 2. The smallest absolute Gasteiger partial charge is 0.416 e. The number of halogens is 3. The van der Waals surface area contributed by atoms with E-state index in [1.807, 2.05) is 0 Å². The number of hydrogen-bond acceptors (Lipinski definition) is 5. The molecule has 0 aliphatic carbocycles. The molecule has 0 aliphatic rings. The molecule has 2 aromatic rings. The molecule has 0 radical (unpaired) electrons. The minimum absolute atomic E-state index is 0.281. The van der Waals surface area contributed by atoms with E-state index in [0.29, 0.717) is 18.2 Å². The second kappa shape index (κ2) is 7.46. The number of nitro groups is 1. The van der Waals surface area contributed by atoms with Gasteiger partial charge in [0.15, 0.2) is 0 Å². The SMILES string of the molecule is CC(C(=O)O)N(c1cccc(C(F)(F)F)c1)S(=O)(=O)c1cccc([N+](=O)[O-])c1. The molecule has 1 N–H and O–H groups in total. The normalized spacial score (nSPS) is 13.0. The van der Waals surface area contributed by atoms with Crippen LogP contribution in [0.5, 0.6) is 0 Å². The molecule has 1 atom stereocenters. The fourth-order valence-corrected chi connectivity index (χ4v) is 4.01. The van der Waals surface area contributed by atoms with Crippen LogP contribution in [-0.4, -0.2) is 30.5 Å². The molecular weight excluding hydrogens is 405 g/mol. The van der Waals surface area contributed by atoms with E-state index in [1.165, 1.54) is 0 Å². The number of alkyl halides is 3. The number of aliphatic carboxylic acids is 1. The molecule has 0 fully saturated rings. The van der Waals surface area contributed by atoms with Gasteiger partial charge in [-0.3, -0.25) is 14.4 Å². The van der Waals surface area contributed by atoms with Crippen LogP contribution in [0, 0.1) is 10.1 Å². The molecule has 0 spiro atoms. The minimum Gasteiger partial charge on any atom is -0.480 e. The molecule has 12 heteroatoms. The van der Waals surface area contributed by atoms with E-state index in [1.54, 1.807) is 0 Å². The molecule has 0 aromatic heterocycles. The van der Waals surface area contributed by atoms with E-state index in [0.717, 1.165) is 37.3 Å². The van der Waals surface area contributed by atoms with E-state index in [2.05, 4.69) is 0 Å². The molecule has 2 aromatic carbocycles. The quantitative estimate of drug-likeness (QED) is 0.568. The van der Waals surface area contributed by atoms with Crippen LogP contribution >= 0.6 is 0 Å². The van der Waals surface area contributed by atoms with Crippen molar-refractivity contribution < 1.29 is 36.4 Å². The molecule has 0 bridgehead atoms. The Kier molecular flexibility index (Phi) is 5.64. The summed E-state index contributed by atoms with van der Waals surface area (Å²) in [5.41, 5.74) is -2.30. The van der Waals surface area contributed by atoms with Crippen molar-refractivity contribution in [3.05, 3.63) is 64.2 Å². The Labute approximate surface area is 157 Å². The van der Waals surface area contributed by atoms with E-state index in [9.17, 15) is 41.6 Å². The molecule has 28 heavy (non-hydrogen) atoms. The van der Waals surface area contributed by atoms with E-state index in [4.69, 9.17) is 0 Å². The first-order valence-electron chi connectivity index (χ1n) is 7.54. The Morgan fingerprint density at radius 1 is 1.18 bits per heavy atom. The largest absolute Gasteiger partial charge is 0.480 e. The van der Waals surface area contributed by atoms with Gasteiger partial charge in [-0.25, -0.2) is 13.2 Å². The minimum atomic E-state index is -4.79. The summed E-state index contributed by atoms with van der Waals surface area (Å²) < 4.78 is 65.2. The summed E-state index contributed by atoms with van der Waals surface area (Å²) in [6, 6.07) is 5.12. The number of carboxylic acids is 1. The van der Waals surface area contributed by atoms with Crippen LogP contribution in [0.2, 0.25) is 0 Å². The van der Waals surface area contributed by atoms with Crippen LogP contribution in [0.25, 0.3) is 0 Å². The number of nitro benzene ring substituents is 1. The number of sulfonamides is 1. The molecule has 0 amide bonds. The predicted octanol–water partition coefficient (Wildman–Crippen LogP) is 3.28. The Hall–Kier alpha value is -3.15. The van der Waals surface area contributed by atoms with Crippen molar-refractivity contribution >= 4 is 27.4 Å². The second-order valence-corrected chi connectivity index (χ2v) is 7.43. The van der Waals surface area contributed by atoms with Crippen molar-refractivity contribution in [1.29, 1.82) is 0 Å². The number of carbonyl (C=O) groups is 1. The standard InChI is InChI=1S/C16H13F3N2O6S/c1-10(15(22)23)20(12-5-2-4-11(8-12)16(17,18)19)28(26,27)14-7-3-6-13(9-14)21(24)25/h2-10H,1H3,(H,22,23). The lowest BCUT2D eigenvalue weighted by Gasteiger charge is -2.28. The molecule has 0 heterocycles. The number of rotatable bonds is 6. The Morgan fingerprint density at radius 3 is 2.32 bits per heavy atom. The van der Waals surface area contributed by atoms with Gasteiger partial charge in [-0.15, -0.1) is 0 Å². The average molecular weight is 418 g/mol. The van der Waals surface area contributed by atoms with E-state index in [-0.39, 0.29) is 4.31 Å². The Balaban J connectivity index is 2.69. The molecular formula is C16H13F3N2O6S. The third-order valence-electron chi connectivity index (χ3n) is 3.72. The number of hydrogen-bond donors (Lipinski definition) is 1. The lowest BCUT2D eigenvalue weighted by atomic mass is 10.2. The van der Waals surface area contributed by atoms with Crippen LogP contribution in [0.3, 0.4) is 0 Å². The topological polar surface area (TPSA) is 118 Å². The highest BCUT2D eigenvalue weighted by molar-refractivity contribution is 7.93. The van der Waals surface area contributed by atoms with Gasteiger partial charge in [0.2, 0.25) is 0 Å². The highest BCUT2D eigenvalue weighted by Crippen LogP contribution is 2.34. The summed E-state index contributed by atoms with van der Waals surface area (Å²) in [4.78, 5) is 20.8. The summed E-state index contributed by atoms with van der Waals surface area (Å²) in [5.74, 6) is -1.62. The van der Waals surface area contributed by atoms with Gasteiger partial charge in [-0.1, -0.05) is 12.1 Å². The first-order valence-corrected chi connectivity index (χ1v) is 8.98. The van der Waals surface area contributed by atoms with Gasteiger partial charge >= 0.3 is 12.1 Å². The molecule has 8 nitrogen and oxygen atoms in total. The average Bonchev–Trinajstić information content (AvgIpc) is 2.61. The van der Waals surface area contributed by atoms with Crippen LogP contribution in [0.4, 0.5) is 24.5 Å². The molecule has 0 aliphatic heterocycles. The first kappa shape index (κ1) is 21.2. The Morgan fingerprint density at radius 2 is 1.79 bits per heavy atom. The molecule has 150 valence electrons.